The zero-order valence-corrected chi connectivity index (χ0v) is 18.3. The fourth-order valence-corrected chi connectivity index (χ4v) is 4.06. The molecule has 0 unspecified atom stereocenters. The molecule has 1 amide bonds. The number of benzene rings is 2. The van der Waals surface area contributed by atoms with Crippen LogP contribution in [0.15, 0.2) is 53.4 Å². The van der Waals surface area contributed by atoms with Crippen molar-refractivity contribution < 1.29 is 18.1 Å². The van der Waals surface area contributed by atoms with Gasteiger partial charge in [0.1, 0.15) is 0 Å². The molecule has 8 nitrogen and oxygen atoms in total. The molecule has 0 heterocycles. The van der Waals surface area contributed by atoms with Crippen molar-refractivity contribution in [1.82, 2.24) is 4.90 Å². The third-order valence-electron chi connectivity index (χ3n) is 4.18. The number of carbonyl (C=O) groups is 1. The lowest BCUT2D eigenvalue weighted by molar-refractivity contribution is -0.385. The van der Waals surface area contributed by atoms with Crippen LogP contribution in [0.2, 0.25) is 0 Å². The fourth-order valence-electron chi connectivity index (χ4n) is 2.96. The summed E-state index contributed by atoms with van der Waals surface area (Å²) in [7, 11) is -4.00. The van der Waals surface area contributed by atoms with Crippen LogP contribution in [-0.2, 0) is 10.0 Å². The van der Waals surface area contributed by atoms with Gasteiger partial charge in [-0.3, -0.25) is 19.6 Å². The van der Waals surface area contributed by atoms with Gasteiger partial charge >= 0.3 is 0 Å². The van der Waals surface area contributed by atoms with E-state index in [1.165, 1.54) is 30.3 Å². The van der Waals surface area contributed by atoms with Gasteiger partial charge in [0.15, 0.2) is 0 Å². The first kappa shape index (κ1) is 23.3. The summed E-state index contributed by atoms with van der Waals surface area (Å²) in [6.07, 6.45) is 0. The summed E-state index contributed by atoms with van der Waals surface area (Å²) in [6.45, 7) is 9.47. The maximum absolute atomic E-state index is 12.9. The molecule has 0 aliphatic carbocycles. The van der Waals surface area contributed by atoms with Crippen molar-refractivity contribution >= 4 is 27.3 Å². The first-order valence-corrected chi connectivity index (χ1v) is 11.1. The number of nitro groups is 1. The topological polar surface area (TPSA) is 110 Å². The van der Waals surface area contributed by atoms with E-state index in [1.54, 1.807) is 17.0 Å². The Balaban J connectivity index is 2.19. The number of nitro benzene ring substituents is 1. The van der Waals surface area contributed by atoms with Crippen LogP contribution in [0.25, 0.3) is 0 Å². The van der Waals surface area contributed by atoms with Crippen molar-refractivity contribution in [1.29, 1.82) is 0 Å². The Morgan fingerprint density at radius 1 is 1.03 bits per heavy atom. The molecular formula is C21H27N3O5S. The molecule has 0 bridgehead atoms. The summed E-state index contributed by atoms with van der Waals surface area (Å²) in [4.78, 5) is 24.7. The monoisotopic (exact) mass is 433 g/mol. The average Bonchev–Trinajstić information content (AvgIpc) is 2.66. The predicted molar refractivity (Wildman–Crippen MR) is 116 cm³/mol. The van der Waals surface area contributed by atoms with Crippen LogP contribution < -0.4 is 4.72 Å². The van der Waals surface area contributed by atoms with E-state index in [4.69, 9.17) is 0 Å². The van der Waals surface area contributed by atoms with Crippen LogP contribution in [0.5, 0.6) is 0 Å². The van der Waals surface area contributed by atoms with E-state index < -0.39 is 14.9 Å². The van der Waals surface area contributed by atoms with Gasteiger partial charge in [-0.1, -0.05) is 33.8 Å². The minimum absolute atomic E-state index is 0.106. The molecule has 0 saturated carbocycles. The van der Waals surface area contributed by atoms with Crippen LogP contribution in [0.3, 0.4) is 0 Å². The van der Waals surface area contributed by atoms with Crippen LogP contribution in [0.1, 0.15) is 38.1 Å². The molecule has 30 heavy (non-hydrogen) atoms. The Morgan fingerprint density at radius 3 is 2.10 bits per heavy atom. The number of anilines is 1. The number of rotatable bonds is 9. The van der Waals surface area contributed by atoms with Crippen molar-refractivity contribution in [2.75, 3.05) is 17.8 Å². The van der Waals surface area contributed by atoms with Gasteiger partial charge in [-0.25, -0.2) is 8.42 Å². The second-order valence-corrected chi connectivity index (χ2v) is 9.62. The molecular weight excluding hydrogens is 406 g/mol. The third kappa shape index (κ3) is 6.28. The quantitative estimate of drug-likeness (QED) is 0.472. The predicted octanol–water partition coefficient (Wildman–Crippen LogP) is 4.15. The molecule has 2 aromatic rings. The maximum Gasteiger partial charge on any atom is 0.270 e. The SMILES string of the molecule is CC(C)CN(CC(C)C)C(=O)c1ccc(NS(=O)(=O)c2cccc([N+](=O)[O-])c2)cc1. The van der Waals surface area contributed by atoms with Crippen molar-refractivity contribution in [3.63, 3.8) is 0 Å². The zero-order chi connectivity index (χ0) is 22.5. The molecule has 0 radical (unpaired) electrons. The van der Waals surface area contributed by atoms with Crippen LogP contribution in [0.4, 0.5) is 11.4 Å². The van der Waals surface area contributed by atoms with E-state index >= 15 is 0 Å². The standard InChI is InChI=1S/C21H27N3O5S/c1-15(2)13-23(14-16(3)4)21(25)17-8-10-18(11-9-17)22-30(28,29)20-7-5-6-19(12-20)24(26)27/h5-12,15-16,22H,13-14H2,1-4H3. The lowest BCUT2D eigenvalue weighted by atomic mass is 10.1. The summed E-state index contributed by atoms with van der Waals surface area (Å²) < 4.78 is 27.5. The Labute approximate surface area is 177 Å². The van der Waals surface area contributed by atoms with Gasteiger partial charge in [0, 0.05) is 36.5 Å². The highest BCUT2D eigenvalue weighted by molar-refractivity contribution is 7.92. The summed E-state index contributed by atoms with van der Waals surface area (Å²) in [5.41, 5.74) is 0.418. The Kier molecular flexibility index (Phi) is 7.55. The minimum atomic E-state index is -4.00. The number of hydrogen-bond acceptors (Lipinski definition) is 5. The summed E-state index contributed by atoms with van der Waals surface area (Å²) in [5, 5.41) is 10.9. The lowest BCUT2D eigenvalue weighted by Gasteiger charge is -2.26. The Morgan fingerprint density at radius 2 is 1.60 bits per heavy atom. The van der Waals surface area contributed by atoms with E-state index in [0.29, 0.717) is 30.5 Å². The second kappa shape index (κ2) is 9.71. The molecule has 9 heteroatoms. The summed E-state index contributed by atoms with van der Waals surface area (Å²) >= 11 is 0. The Bertz CT molecular complexity index is 992. The molecule has 0 fully saturated rings. The van der Waals surface area contributed by atoms with Gasteiger partial charge in [-0.15, -0.1) is 0 Å². The molecule has 0 saturated heterocycles. The molecule has 162 valence electrons. The number of non-ortho nitro benzene ring substituents is 1. The molecule has 0 aliphatic heterocycles. The largest absolute Gasteiger partial charge is 0.338 e. The van der Waals surface area contributed by atoms with Crippen LogP contribution in [0, 0.1) is 22.0 Å². The number of sulfonamides is 1. The van der Waals surface area contributed by atoms with Gasteiger partial charge < -0.3 is 4.90 Å². The average molecular weight is 434 g/mol. The minimum Gasteiger partial charge on any atom is -0.338 e. The van der Waals surface area contributed by atoms with Gasteiger partial charge in [-0.05, 0) is 42.2 Å². The highest BCUT2D eigenvalue weighted by Crippen LogP contribution is 2.21. The van der Waals surface area contributed by atoms with E-state index in [0.717, 1.165) is 6.07 Å². The lowest BCUT2D eigenvalue weighted by Crippen LogP contribution is -2.37. The molecule has 1 N–H and O–H groups in total. The van der Waals surface area contributed by atoms with Gasteiger partial charge in [0.05, 0.1) is 9.82 Å². The molecule has 2 aromatic carbocycles. The van der Waals surface area contributed by atoms with Crippen molar-refractivity contribution in [3.8, 4) is 0 Å². The number of amides is 1. The number of nitrogens with zero attached hydrogens (tertiary/aromatic N) is 2. The zero-order valence-electron chi connectivity index (χ0n) is 17.5. The fraction of sp³-hybridized carbons (Fsp3) is 0.381. The van der Waals surface area contributed by atoms with E-state index in [1.807, 2.05) is 27.7 Å². The number of carbonyl (C=O) groups excluding carboxylic acids is 1. The second-order valence-electron chi connectivity index (χ2n) is 7.94. The first-order chi connectivity index (χ1) is 14.0. The van der Waals surface area contributed by atoms with Crippen molar-refractivity contribution in [2.45, 2.75) is 32.6 Å². The Hall–Kier alpha value is -2.94. The highest BCUT2D eigenvalue weighted by Gasteiger charge is 2.20. The van der Waals surface area contributed by atoms with Crippen molar-refractivity contribution in [2.24, 2.45) is 11.8 Å². The number of nitrogens with one attached hydrogen (secondary N) is 1. The normalized spacial score (nSPS) is 11.5. The first-order valence-electron chi connectivity index (χ1n) is 9.66. The molecule has 2 rings (SSSR count). The summed E-state index contributed by atoms with van der Waals surface area (Å²) in [6, 6.07) is 11.0. The highest BCUT2D eigenvalue weighted by atomic mass is 32.2. The van der Waals surface area contributed by atoms with Gasteiger partial charge in [-0.2, -0.15) is 0 Å². The van der Waals surface area contributed by atoms with Crippen LogP contribution >= 0.6 is 0 Å². The molecule has 0 spiro atoms. The molecule has 0 aromatic heterocycles. The number of hydrogen-bond donors (Lipinski definition) is 1. The third-order valence-corrected chi connectivity index (χ3v) is 5.56. The van der Waals surface area contributed by atoms with Gasteiger partial charge in [0.25, 0.3) is 21.6 Å². The molecule has 0 atom stereocenters. The van der Waals surface area contributed by atoms with Crippen molar-refractivity contribution in [3.05, 3.63) is 64.2 Å². The smallest absolute Gasteiger partial charge is 0.270 e. The maximum atomic E-state index is 12.9. The summed E-state index contributed by atoms with van der Waals surface area (Å²) in [5.74, 6) is 0.549. The van der Waals surface area contributed by atoms with Gasteiger partial charge in [0.2, 0.25) is 0 Å². The molecule has 0 aliphatic rings. The van der Waals surface area contributed by atoms with E-state index in [9.17, 15) is 23.3 Å². The van der Waals surface area contributed by atoms with E-state index in [-0.39, 0.29) is 22.2 Å². The van der Waals surface area contributed by atoms with Crippen LogP contribution in [-0.4, -0.2) is 37.2 Å². The van der Waals surface area contributed by atoms with E-state index in [2.05, 4.69) is 4.72 Å².